The van der Waals surface area contributed by atoms with Crippen molar-refractivity contribution in [1.29, 1.82) is 0 Å². The Kier molecular flexibility index (Phi) is 1.75. The Morgan fingerprint density at radius 1 is 1.33 bits per heavy atom. The molecular formula is C9H5FN4S. The molecule has 3 rings (SSSR count). The van der Waals surface area contributed by atoms with E-state index in [-0.39, 0.29) is 5.82 Å². The van der Waals surface area contributed by atoms with E-state index in [1.165, 1.54) is 29.8 Å². The third-order valence-electron chi connectivity index (χ3n) is 1.96. The lowest BCUT2D eigenvalue weighted by Gasteiger charge is -1.93. The minimum absolute atomic E-state index is 0.265. The molecule has 4 nitrogen and oxygen atoms in total. The van der Waals surface area contributed by atoms with Crippen LogP contribution in [0.2, 0.25) is 0 Å². The molecule has 0 radical (unpaired) electrons. The number of benzene rings is 1. The van der Waals surface area contributed by atoms with Gasteiger partial charge in [-0.3, -0.25) is 0 Å². The van der Waals surface area contributed by atoms with Crippen molar-refractivity contribution in [3.63, 3.8) is 0 Å². The minimum atomic E-state index is -0.265. The Hall–Kier alpha value is -1.82. The summed E-state index contributed by atoms with van der Waals surface area (Å²) in [6.45, 7) is 0. The zero-order valence-electron chi connectivity index (χ0n) is 7.46. The van der Waals surface area contributed by atoms with E-state index in [0.29, 0.717) is 4.96 Å². The predicted octanol–water partition coefficient (Wildman–Crippen LogP) is 1.99. The van der Waals surface area contributed by atoms with Gasteiger partial charge in [0.2, 0.25) is 4.96 Å². The molecule has 2 aromatic heterocycles. The third-order valence-corrected chi connectivity index (χ3v) is 2.92. The topological polar surface area (TPSA) is 43.1 Å². The van der Waals surface area contributed by atoms with Crippen molar-refractivity contribution in [1.82, 2.24) is 19.8 Å². The van der Waals surface area contributed by atoms with Crippen molar-refractivity contribution in [2.45, 2.75) is 0 Å². The largest absolute Gasteiger partial charge is 0.234 e. The summed E-state index contributed by atoms with van der Waals surface area (Å²) in [6, 6.07) is 6.33. The van der Waals surface area contributed by atoms with E-state index >= 15 is 0 Å². The average molecular weight is 220 g/mol. The number of aromatic nitrogens is 4. The minimum Gasteiger partial charge on any atom is -0.207 e. The van der Waals surface area contributed by atoms with Crippen LogP contribution >= 0.6 is 11.3 Å². The van der Waals surface area contributed by atoms with Crippen LogP contribution < -0.4 is 0 Å². The fraction of sp³-hybridized carbons (Fsp3) is 0. The highest BCUT2D eigenvalue weighted by Gasteiger charge is 2.07. The highest BCUT2D eigenvalue weighted by atomic mass is 32.1. The van der Waals surface area contributed by atoms with Gasteiger partial charge in [0.1, 0.15) is 17.2 Å². The molecule has 0 N–H and O–H groups in total. The first-order chi connectivity index (χ1) is 7.33. The van der Waals surface area contributed by atoms with Crippen molar-refractivity contribution in [2.75, 3.05) is 0 Å². The molecule has 6 heteroatoms. The van der Waals surface area contributed by atoms with E-state index in [2.05, 4.69) is 15.3 Å². The Bertz CT molecular complexity index is 587. The molecule has 0 bridgehead atoms. The summed E-state index contributed by atoms with van der Waals surface area (Å²) in [7, 11) is 0. The molecule has 1 aromatic carbocycles. The molecule has 0 fully saturated rings. The number of halogens is 1. The molecule has 3 aromatic rings. The van der Waals surface area contributed by atoms with Crippen molar-refractivity contribution >= 4 is 16.3 Å². The SMILES string of the molecule is Fc1cccc(-c2nn3cnnc3s2)c1. The molecule has 0 aliphatic rings. The van der Waals surface area contributed by atoms with Gasteiger partial charge in [-0.05, 0) is 12.1 Å². The van der Waals surface area contributed by atoms with Gasteiger partial charge < -0.3 is 0 Å². The fourth-order valence-electron chi connectivity index (χ4n) is 1.30. The molecule has 0 aliphatic carbocycles. The first-order valence-corrected chi connectivity index (χ1v) is 5.07. The number of hydrogen-bond acceptors (Lipinski definition) is 4. The summed E-state index contributed by atoms with van der Waals surface area (Å²) in [5.74, 6) is -0.265. The quantitative estimate of drug-likeness (QED) is 0.630. The van der Waals surface area contributed by atoms with Gasteiger partial charge >= 0.3 is 0 Å². The number of hydrogen-bond donors (Lipinski definition) is 0. The predicted molar refractivity (Wildman–Crippen MR) is 54.1 cm³/mol. The molecule has 2 heterocycles. The van der Waals surface area contributed by atoms with Gasteiger partial charge in [-0.1, -0.05) is 23.5 Å². The molecule has 0 spiro atoms. The second-order valence-electron chi connectivity index (χ2n) is 2.98. The summed E-state index contributed by atoms with van der Waals surface area (Å²) in [4.78, 5) is 0.703. The zero-order valence-corrected chi connectivity index (χ0v) is 8.28. The highest BCUT2D eigenvalue weighted by Crippen LogP contribution is 2.24. The van der Waals surface area contributed by atoms with Crippen molar-refractivity contribution in [3.05, 3.63) is 36.4 Å². The van der Waals surface area contributed by atoms with Crippen LogP contribution in [0.3, 0.4) is 0 Å². The molecule has 0 amide bonds. The molecule has 0 atom stereocenters. The van der Waals surface area contributed by atoms with Crippen LogP contribution in [0.4, 0.5) is 4.39 Å². The van der Waals surface area contributed by atoms with Crippen LogP contribution in [0.25, 0.3) is 15.5 Å². The summed E-state index contributed by atoms with van der Waals surface area (Å²) in [5, 5.41) is 12.5. The summed E-state index contributed by atoms with van der Waals surface area (Å²) >= 11 is 1.38. The number of fused-ring (bicyclic) bond motifs is 1. The molecule has 0 aliphatic heterocycles. The van der Waals surface area contributed by atoms with E-state index in [9.17, 15) is 4.39 Å². The van der Waals surface area contributed by atoms with E-state index < -0.39 is 0 Å². The zero-order chi connectivity index (χ0) is 10.3. The summed E-state index contributed by atoms with van der Waals surface area (Å²) in [5.41, 5.74) is 0.755. The average Bonchev–Trinajstić information content (AvgIpc) is 2.76. The molecule has 0 saturated carbocycles. The second-order valence-corrected chi connectivity index (χ2v) is 3.93. The smallest absolute Gasteiger partial charge is 0.207 e. The maximum atomic E-state index is 13.0. The van der Waals surface area contributed by atoms with Crippen LogP contribution in [0.5, 0.6) is 0 Å². The monoisotopic (exact) mass is 220 g/mol. The van der Waals surface area contributed by atoms with Crippen molar-refractivity contribution in [3.8, 4) is 10.6 Å². The van der Waals surface area contributed by atoms with Crippen LogP contribution in [-0.4, -0.2) is 19.8 Å². The maximum Gasteiger partial charge on any atom is 0.234 e. The van der Waals surface area contributed by atoms with Gasteiger partial charge in [-0.25, -0.2) is 4.39 Å². The summed E-state index contributed by atoms with van der Waals surface area (Å²) in [6.07, 6.45) is 1.52. The van der Waals surface area contributed by atoms with Crippen LogP contribution in [0, 0.1) is 5.82 Å². The van der Waals surface area contributed by atoms with Crippen LogP contribution in [0.1, 0.15) is 0 Å². The van der Waals surface area contributed by atoms with Crippen LogP contribution in [-0.2, 0) is 0 Å². The lowest BCUT2D eigenvalue weighted by Crippen LogP contribution is -1.83. The fourth-order valence-corrected chi connectivity index (χ4v) is 2.11. The first-order valence-electron chi connectivity index (χ1n) is 4.26. The molecule has 15 heavy (non-hydrogen) atoms. The molecular weight excluding hydrogens is 215 g/mol. The van der Waals surface area contributed by atoms with Crippen molar-refractivity contribution in [2.24, 2.45) is 0 Å². The van der Waals surface area contributed by atoms with Crippen LogP contribution in [0.15, 0.2) is 30.6 Å². The van der Waals surface area contributed by atoms with Crippen molar-refractivity contribution < 1.29 is 4.39 Å². The summed E-state index contributed by atoms with van der Waals surface area (Å²) < 4.78 is 14.6. The Balaban J connectivity index is 2.17. The highest BCUT2D eigenvalue weighted by molar-refractivity contribution is 7.19. The standard InChI is InChI=1S/C9H5FN4S/c10-7-3-1-2-6(4-7)8-13-14-5-11-12-9(14)15-8/h1-5H. The second kappa shape index (κ2) is 3.09. The Labute approximate surface area is 88.0 Å². The molecule has 0 unspecified atom stereocenters. The number of rotatable bonds is 1. The van der Waals surface area contributed by atoms with E-state index in [0.717, 1.165) is 10.6 Å². The van der Waals surface area contributed by atoms with E-state index in [1.807, 2.05) is 6.07 Å². The van der Waals surface area contributed by atoms with Gasteiger partial charge in [0.25, 0.3) is 0 Å². The van der Waals surface area contributed by atoms with Gasteiger partial charge in [0.05, 0.1) is 0 Å². The van der Waals surface area contributed by atoms with Gasteiger partial charge in [0, 0.05) is 5.56 Å². The van der Waals surface area contributed by atoms with Gasteiger partial charge in [0.15, 0.2) is 0 Å². The third kappa shape index (κ3) is 1.39. The van der Waals surface area contributed by atoms with Gasteiger partial charge in [-0.15, -0.1) is 10.2 Å². The lowest BCUT2D eigenvalue weighted by molar-refractivity contribution is 0.628. The molecule has 74 valence electrons. The maximum absolute atomic E-state index is 13.0. The Morgan fingerprint density at radius 2 is 2.27 bits per heavy atom. The van der Waals surface area contributed by atoms with Gasteiger partial charge in [-0.2, -0.15) is 9.61 Å². The molecule has 0 saturated heterocycles. The normalized spacial score (nSPS) is 11.0. The lowest BCUT2D eigenvalue weighted by atomic mass is 10.2. The van der Waals surface area contributed by atoms with E-state index in [1.54, 1.807) is 10.6 Å². The van der Waals surface area contributed by atoms with E-state index in [4.69, 9.17) is 0 Å². The Morgan fingerprint density at radius 3 is 3.07 bits per heavy atom. The number of nitrogens with zero attached hydrogens (tertiary/aromatic N) is 4. The first kappa shape index (κ1) is 8.49.